The average molecular weight is 310 g/mol. The number of hydrogen-bond donors (Lipinski definition) is 2. The Kier molecular flexibility index (Phi) is 2.74. The summed E-state index contributed by atoms with van der Waals surface area (Å²) in [6, 6.07) is 13.3. The van der Waals surface area contributed by atoms with E-state index < -0.39 is 17.7 Å². The SMILES string of the molecule is CN1C(=O)c2ccccc2NC(=O)[C@@]12O[C@@H]2c1cccc(O)c1. The van der Waals surface area contributed by atoms with Crippen molar-refractivity contribution in [3.05, 3.63) is 59.7 Å². The van der Waals surface area contributed by atoms with Crippen LogP contribution in [-0.4, -0.2) is 34.6 Å². The maximum Gasteiger partial charge on any atom is 0.281 e. The molecule has 0 radical (unpaired) electrons. The quantitative estimate of drug-likeness (QED) is 0.788. The normalized spacial score (nSPS) is 25.8. The molecule has 2 aromatic carbocycles. The summed E-state index contributed by atoms with van der Waals surface area (Å²) in [5.41, 5.74) is 0.150. The first-order valence-corrected chi connectivity index (χ1v) is 7.19. The van der Waals surface area contributed by atoms with Crippen LogP contribution in [0.4, 0.5) is 5.69 Å². The van der Waals surface area contributed by atoms with E-state index in [4.69, 9.17) is 4.74 Å². The van der Waals surface area contributed by atoms with Crippen LogP contribution < -0.4 is 5.32 Å². The van der Waals surface area contributed by atoms with Crippen LogP contribution in [0.3, 0.4) is 0 Å². The third-order valence-electron chi connectivity index (χ3n) is 4.30. The van der Waals surface area contributed by atoms with Crippen LogP contribution in [0, 0.1) is 0 Å². The maximum absolute atomic E-state index is 12.7. The van der Waals surface area contributed by atoms with E-state index in [1.165, 1.54) is 17.0 Å². The Hall–Kier alpha value is -2.86. The van der Waals surface area contributed by atoms with E-state index in [2.05, 4.69) is 5.32 Å². The van der Waals surface area contributed by atoms with Crippen molar-refractivity contribution in [2.24, 2.45) is 0 Å². The number of anilines is 1. The molecule has 116 valence electrons. The molecule has 2 heterocycles. The fourth-order valence-electron chi connectivity index (χ4n) is 3.03. The number of ether oxygens (including phenoxy) is 1. The molecular weight excluding hydrogens is 296 g/mol. The van der Waals surface area contributed by atoms with Crippen LogP contribution in [-0.2, 0) is 9.53 Å². The number of phenols is 1. The van der Waals surface area contributed by atoms with Gasteiger partial charge in [0.2, 0.25) is 0 Å². The van der Waals surface area contributed by atoms with Crippen LogP contribution in [0.15, 0.2) is 48.5 Å². The van der Waals surface area contributed by atoms with Gasteiger partial charge in [-0.2, -0.15) is 0 Å². The Balaban J connectivity index is 1.77. The number of carbonyl (C=O) groups excluding carboxylic acids is 2. The first-order valence-electron chi connectivity index (χ1n) is 7.19. The van der Waals surface area contributed by atoms with E-state index >= 15 is 0 Å². The van der Waals surface area contributed by atoms with Crippen LogP contribution in [0.2, 0.25) is 0 Å². The fraction of sp³-hybridized carbons (Fsp3) is 0.176. The molecule has 2 aliphatic rings. The number of fused-ring (bicyclic) bond motifs is 1. The predicted octanol–water partition coefficient (Wildman–Crippen LogP) is 1.88. The van der Waals surface area contributed by atoms with Gasteiger partial charge >= 0.3 is 0 Å². The van der Waals surface area contributed by atoms with Gasteiger partial charge in [-0.1, -0.05) is 24.3 Å². The van der Waals surface area contributed by atoms with E-state index in [0.29, 0.717) is 16.8 Å². The topological polar surface area (TPSA) is 82.2 Å². The highest BCUT2D eigenvalue weighted by molar-refractivity contribution is 6.12. The van der Waals surface area contributed by atoms with Gasteiger partial charge < -0.3 is 20.1 Å². The number of para-hydroxylation sites is 1. The Labute approximate surface area is 132 Å². The van der Waals surface area contributed by atoms with Crippen molar-refractivity contribution >= 4 is 17.5 Å². The minimum absolute atomic E-state index is 0.0828. The molecule has 0 aromatic heterocycles. The number of epoxide rings is 1. The van der Waals surface area contributed by atoms with Crippen LogP contribution in [0.5, 0.6) is 5.75 Å². The van der Waals surface area contributed by atoms with Gasteiger partial charge in [-0.15, -0.1) is 0 Å². The number of hydrogen-bond acceptors (Lipinski definition) is 4. The van der Waals surface area contributed by atoms with E-state index in [-0.39, 0.29) is 11.7 Å². The summed E-state index contributed by atoms with van der Waals surface area (Å²) in [5.74, 6) is -0.604. The molecule has 2 amide bonds. The number of phenolic OH excluding ortho intramolecular Hbond substituents is 1. The number of likely N-dealkylation sites (N-methyl/N-ethyl adjacent to an activating group) is 1. The van der Waals surface area contributed by atoms with Crippen molar-refractivity contribution < 1.29 is 19.4 Å². The van der Waals surface area contributed by atoms with Crippen molar-refractivity contribution in [2.75, 3.05) is 12.4 Å². The van der Waals surface area contributed by atoms with Gasteiger partial charge in [0.1, 0.15) is 11.9 Å². The van der Waals surface area contributed by atoms with E-state index in [9.17, 15) is 14.7 Å². The average Bonchev–Trinajstić information content (AvgIpc) is 3.31. The number of amides is 2. The van der Waals surface area contributed by atoms with Crippen LogP contribution >= 0.6 is 0 Å². The molecule has 0 unspecified atom stereocenters. The van der Waals surface area contributed by atoms with Gasteiger partial charge in [-0.05, 0) is 29.8 Å². The zero-order chi connectivity index (χ0) is 16.2. The number of nitrogens with one attached hydrogen (secondary N) is 1. The standard InChI is InChI=1S/C17H14N2O4/c1-19-15(21)12-7-2-3-8-13(12)18-16(22)17(19)14(23-17)10-5-4-6-11(20)9-10/h2-9,14,20H,1H3,(H,18,22)/t14-,17-/m1/s1. The fourth-order valence-corrected chi connectivity index (χ4v) is 3.03. The second-order valence-corrected chi connectivity index (χ2v) is 5.65. The lowest BCUT2D eigenvalue weighted by Gasteiger charge is -2.21. The van der Waals surface area contributed by atoms with Gasteiger partial charge in [0.25, 0.3) is 17.5 Å². The van der Waals surface area contributed by atoms with Crippen molar-refractivity contribution in [1.82, 2.24) is 4.90 Å². The summed E-state index contributed by atoms with van der Waals surface area (Å²) in [6.45, 7) is 0. The lowest BCUT2D eigenvalue weighted by atomic mass is 10.0. The van der Waals surface area contributed by atoms with Crippen LogP contribution in [0.1, 0.15) is 22.0 Å². The minimum atomic E-state index is -1.39. The van der Waals surface area contributed by atoms with Crippen molar-refractivity contribution in [3.8, 4) is 5.75 Å². The molecule has 4 rings (SSSR count). The highest BCUT2D eigenvalue weighted by Crippen LogP contribution is 2.53. The second-order valence-electron chi connectivity index (χ2n) is 5.65. The van der Waals surface area contributed by atoms with E-state index in [1.807, 2.05) is 0 Å². The molecule has 2 atom stereocenters. The minimum Gasteiger partial charge on any atom is -0.508 e. The summed E-state index contributed by atoms with van der Waals surface area (Å²) in [4.78, 5) is 26.7. The molecule has 0 bridgehead atoms. The van der Waals surface area contributed by atoms with Gasteiger partial charge in [-0.3, -0.25) is 9.59 Å². The molecule has 6 heteroatoms. The second kappa shape index (κ2) is 4.57. The summed E-state index contributed by atoms with van der Waals surface area (Å²) >= 11 is 0. The third kappa shape index (κ3) is 1.85. The van der Waals surface area contributed by atoms with Gasteiger partial charge in [0, 0.05) is 7.05 Å². The molecule has 2 aromatic rings. The molecule has 1 saturated heterocycles. The zero-order valence-electron chi connectivity index (χ0n) is 12.3. The third-order valence-corrected chi connectivity index (χ3v) is 4.30. The molecule has 0 aliphatic carbocycles. The Morgan fingerprint density at radius 3 is 2.74 bits per heavy atom. The van der Waals surface area contributed by atoms with E-state index in [1.54, 1.807) is 43.4 Å². The number of carbonyl (C=O) groups is 2. The summed E-state index contributed by atoms with van der Waals surface area (Å²) < 4.78 is 5.67. The Morgan fingerprint density at radius 2 is 1.96 bits per heavy atom. The largest absolute Gasteiger partial charge is 0.508 e. The highest BCUT2D eigenvalue weighted by Gasteiger charge is 2.68. The molecule has 0 saturated carbocycles. The van der Waals surface area contributed by atoms with Crippen molar-refractivity contribution in [2.45, 2.75) is 11.8 Å². The zero-order valence-corrected chi connectivity index (χ0v) is 12.3. The van der Waals surface area contributed by atoms with Crippen molar-refractivity contribution in [3.63, 3.8) is 0 Å². The maximum atomic E-state index is 12.7. The Bertz CT molecular complexity index is 835. The smallest absolute Gasteiger partial charge is 0.281 e. The lowest BCUT2D eigenvalue weighted by molar-refractivity contribution is -0.125. The summed E-state index contributed by atoms with van der Waals surface area (Å²) in [7, 11) is 1.55. The molecular formula is C17H14N2O4. The van der Waals surface area contributed by atoms with E-state index in [0.717, 1.165) is 0 Å². The first kappa shape index (κ1) is 13.8. The molecule has 23 heavy (non-hydrogen) atoms. The molecule has 1 fully saturated rings. The highest BCUT2D eigenvalue weighted by atomic mass is 16.6. The van der Waals surface area contributed by atoms with Crippen LogP contribution in [0.25, 0.3) is 0 Å². The first-order chi connectivity index (χ1) is 11.0. The summed E-state index contributed by atoms with van der Waals surface area (Å²) in [6.07, 6.45) is -0.613. The van der Waals surface area contributed by atoms with Crippen molar-refractivity contribution in [1.29, 1.82) is 0 Å². The summed E-state index contributed by atoms with van der Waals surface area (Å²) in [5, 5.41) is 12.4. The predicted molar refractivity (Wildman–Crippen MR) is 81.8 cm³/mol. The number of aromatic hydroxyl groups is 1. The molecule has 6 nitrogen and oxygen atoms in total. The van der Waals surface area contributed by atoms with Gasteiger partial charge in [-0.25, -0.2) is 0 Å². The lowest BCUT2D eigenvalue weighted by Crippen LogP contribution is -2.46. The molecule has 2 aliphatic heterocycles. The number of rotatable bonds is 1. The van der Waals surface area contributed by atoms with Gasteiger partial charge in [0.05, 0.1) is 11.3 Å². The number of nitrogens with zero attached hydrogens (tertiary/aromatic N) is 1. The molecule has 1 spiro atoms. The number of benzene rings is 2. The molecule has 2 N–H and O–H groups in total. The Morgan fingerprint density at radius 1 is 1.17 bits per heavy atom. The monoisotopic (exact) mass is 310 g/mol. The van der Waals surface area contributed by atoms with Gasteiger partial charge in [0.15, 0.2) is 0 Å².